The molecule has 2 aliphatic rings. The van der Waals surface area contributed by atoms with E-state index in [1.807, 2.05) is 0 Å². The maximum absolute atomic E-state index is 11.2. The summed E-state index contributed by atoms with van der Waals surface area (Å²) in [5.41, 5.74) is 0.955. The maximum atomic E-state index is 11.2. The summed E-state index contributed by atoms with van der Waals surface area (Å²) < 4.78 is 18.5. The van der Waals surface area contributed by atoms with Crippen LogP contribution in [-0.4, -0.2) is 70.0 Å². The van der Waals surface area contributed by atoms with Gasteiger partial charge < -0.3 is 30.1 Å². The van der Waals surface area contributed by atoms with Crippen molar-refractivity contribution in [3.05, 3.63) is 11.6 Å². The number of fused-ring (bicyclic) bond motifs is 1. The number of nitrogens with zero attached hydrogens (tertiary/aromatic N) is 4. The summed E-state index contributed by atoms with van der Waals surface area (Å²) in [6, 6.07) is 0.152. The van der Waals surface area contributed by atoms with E-state index in [1.165, 1.54) is 10.9 Å². The molecule has 0 bridgehead atoms. The first-order chi connectivity index (χ1) is 15.8. The zero-order valence-electron chi connectivity index (χ0n) is 19.7. The van der Waals surface area contributed by atoms with Crippen LogP contribution < -0.4 is 5.32 Å². The second-order valence-corrected chi connectivity index (χ2v) is 12.4. The molecular formula is C21H33ClN5O6P. The molecule has 1 aliphatic heterocycles. The van der Waals surface area contributed by atoms with Gasteiger partial charge in [0.15, 0.2) is 23.2 Å². The highest BCUT2D eigenvalue weighted by atomic mass is 35.5. The summed E-state index contributed by atoms with van der Waals surface area (Å²) in [6.45, 7) is 9.02. The normalized spacial score (nSPS) is 33.6. The van der Waals surface area contributed by atoms with Crippen LogP contribution in [0.25, 0.3) is 11.2 Å². The third-order valence-corrected chi connectivity index (χ3v) is 9.14. The average Bonchev–Trinajstić information content (AvgIpc) is 3.35. The van der Waals surface area contributed by atoms with Crippen LogP contribution in [0.5, 0.6) is 0 Å². The van der Waals surface area contributed by atoms with Gasteiger partial charge in [0.2, 0.25) is 5.28 Å². The molecule has 0 aromatic carbocycles. The Bertz CT molecular complexity index is 1110. The quantitative estimate of drug-likeness (QED) is 0.272. The number of aliphatic hydroxyl groups is 2. The Labute approximate surface area is 203 Å². The molecule has 3 unspecified atom stereocenters. The number of ether oxygens (including phenoxy) is 1. The highest BCUT2D eigenvalue weighted by Crippen LogP contribution is 2.55. The topological polar surface area (TPSA) is 163 Å². The van der Waals surface area contributed by atoms with Gasteiger partial charge in [-0.1, -0.05) is 27.7 Å². The van der Waals surface area contributed by atoms with Crippen LogP contribution in [-0.2, 0) is 9.30 Å². The lowest BCUT2D eigenvalue weighted by Crippen LogP contribution is -2.41. The smallest absolute Gasteiger partial charge is 0.325 e. The first-order valence-electron chi connectivity index (χ1n) is 11.5. The van der Waals surface area contributed by atoms with Crippen LogP contribution in [0.2, 0.25) is 5.28 Å². The fraction of sp³-hybridized carbons (Fsp3) is 0.762. The summed E-state index contributed by atoms with van der Waals surface area (Å²) in [5.74, 6) is 0.488. The zero-order valence-corrected chi connectivity index (χ0v) is 21.4. The summed E-state index contributed by atoms with van der Waals surface area (Å²) in [6.07, 6.45) is -0.776. The molecule has 13 heteroatoms. The fourth-order valence-electron chi connectivity index (χ4n) is 5.37. The van der Waals surface area contributed by atoms with E-state index in [0.717, 1.165) is 19.3 Å². The number of hydrogen-bond acceptors (Lipinski definition) is 8. The predicted molar refractivity (Wildman–Crippen MR) is 127 cm³/mol. The molecule has 0 radical (unpaired) electrons. The Morgan fingerprint density at radius 3 is 2.62 bits per heavy atom. The minimum Gasteiger partial charge on any atom is -0.388 e. The number of anilines is 1. The highest BCUT2D eigenvalue weighted by Gasteiger charge is 2.51. The first kappa shape index (κ1) is 25.8. The van der Waals surface area contributed by atoms with Crippen LogP contribution in [0.4, 0.5) is 5.82 Å². The minimum atomic E-state index is -4.27. The third kappa shape index (κ3) is 4.48. The van der Waals surface area contributed by atoms with Gasteiger partial charge in [0.1, 0.15) is 12.2 Å². The molecule has 4 rings (SSSR count). The zero-order chi connectivity index (χ0) is 25.1. The van der Waals surface area contributed by atoms with Gasteiger partial charge in [-0.05, 0) is 48.1 Å². The van der Waals surface area contributed by atoms with Gasteiger partial charge in [-0.3, -0.25) is 9.13 Å². The van der Waals surface area contributed by atoms with E-state index >= 15 is 0 Å². The Hall–Kier alpha value is -1.33. The monoisotopic (exact) mass is 517 g/mol. The molecule has 34 heavy (non-hydrogen) atoms. The van der Waals surface area contributed by atoms with Crippen molar-refractivity contribution in [3.63, 3.8) is 0 Å². The summed E-state index contributed by atoms with van der Waals surface area (Å²) in [4.78, 5) is 31.4. The van der Waals surface area contributed by atoms with Crippen molar-refractivity contribution < 1.29 is 29.3 Å². The molecular weight excluding hydrogens is 485 g/mol. The molecule has 11 nitrogen and oxygen atoms in total. The second kappa shape index (κ2) is 8.96. The SMILES string of the molecule is CC[C@@]1(C)C(Nc2nc(Cl)nc3c2ncn3[C@@H]2O[C@H](CCP(=O)(O)O)C(O)C2O)CCC1(C)C. The van der Waals surface area contributed by atoms with Crippen LogP contribution in [0.15, 0.2) is 6.33 Å². The van der Waals surface area contributed by atoms with Crippen molar-refractivity contribution in [2.75, 3.05) is 11.5 Å². The number of imidazole rings is 1. The fourth-order valence-corrected chi connectivity index (χ4v) is 6.13. The number of rotatable bonds is 7. The molecule has 6 atom stereocenters. The highest BCUT2D eigenvalue weighted by molar-refractivity contribution is 7.51. The second-order valence-electron chi connectivity index (χ2n) is 10.3. The molecule has 1 saturated carbocycles. The molecule has 2 aromatic heterocycles. The van der Waals surface area contributed by atoms with Crippen molar-refractivity contribution >= 4 is 36.2 Å². The van der Waals surface area contributed by atoms with Crippen LogP contribution >= 0.6 is 19.2 Å². The van der Waals surface area contributed by atoms with Gasteiger partial charge in [0, 0.05) is 6.04 Å². The first-order valence-corrected chi connectivity index (χ1v) is 13.7. The van der Waals surface area contributed by atoms with Crippen molar-refractivity contribution in [3.8, 4) is 0 Å². The summed E-state index contributed by atoms with van der Waals surface area (Å²) in [7, 11) is -4.27. The Morgan fingerprint density at radius 1 is 1.26 bits per heavy atom. The van der Waals surface area contributed by atoms with Crippen LogP contribution in [0.1, 0.15) is 59.6 Å². The van der Waals surface area contributed by atoms with E-state index in [1.54, 1.807) is 0 Å². The van der Waals surface area contributed by atoms with Gasteiger partial charge in [0.05, 0.1) is 18.6 Å². The Balaban J connectivity index is 1.63. The van der Waals surface area contributed by atoms with E-state index < -0.39 is 38.3 Å². The van der Waals surface area contributed by atoms with Gasteiger partial charge in [-0.15, -0.1) is 0 Å². The van der Waals surface area contributed by atoms with Gasteiger partial charge in [0.25, 0.3) is 0 Å². The van der Waals surface area contributed by atoms with Gasteiger partial charge in [-0.2, -0.15) is 9.97 Å². The lowest BCUT2D eigenvalue weighted by Gasteiger charge is -2.42. The Morgan fingerprint density at radius 2 is 1.97 bits per heavy atom. The van der Waals surface area contributed by atoms with Crippen molar-refractivity contribution in [2.24, 2.45) is 10.8 Å². The maximum Gasteiger partial charge on any atom is 0.325 e. The van der Waals surface area contributed by atoms with Crippen molar-refractivity contribution in [2.45, 2.75) is 84.0 Å². The number of aromatic nitrogens is 4. The lowest BCUT2D eigenvalue weighted by atomic mass is 9.66. The van der Waals surface area contributed by atoms with Crippen molar-refractivity contribution in [1.29, 1.82) is 0 Å². The Kier molecular flexibility index (Phi) is 6.78. The number of aliphatic hydroxyl groups excluding tert-OH is 2. The van der Waals surface area contributed by atoms with Crippen LogP contribution in [0, 0.1) is 10.8 Å². The lowest BCUT2D eigenvalue weighted by molar-refractivity contribution is -0.0355. The minimum absolute atomic E-state index is 0.00158. The van der Waals surface area contributed by atoms with Crippen molar-refractivity contribution in [1.82, 2.24) is 19.5 Å². The summed E-state index contributed by atoms with van der Waals surface area (Å²) in [5, 5.41) is 24.5. The molecule has 1 saturated heterocycles. The van der Waals surface area contributed by atoms with E-state index in [4.69, 9.17) is 26.1 Å². The largest absolute Gasteiger partial charge is 0.388 e. The van der Waals surface area contributed by atoms with Gasteiger partial charge >= 0.3 is 7.60 Å². The molecule has 2 aromatic rings. The van der Waals surface area contributed by atoms with E-state index in [2.05, 4.69) is 48.0 Å². The standard InChI is InChI=1S/C21H33ClN5O6P/c1-5-21(4)12(6-8-20(21,2)3)24-16-13-17(26-19(22)25-16)27(10-23-13)18-15(29)14(28)11(33-18)7-9-34(30,31)32/h10-12,14-15,18,28-29H,5-9H2,1-4H3,(H,24,25,26)(H2,30,31,32)/t11-,12?,14?,15?,18-,21+/m1/s1. The predicted octanol–water partition coefficient (Wildman–Crippen LogP) is 2.68. The van der Waals surface area contributed by atoms with E-state index in [9.17, 15) is 14.8 Å². The number of nitrogens with one attached hydrogen (secondary N) is 1. The third-order valence-electron chi connectivity index (χ3n) is 8.13. The average molecular weight is 518 g/mol. The van der Waals surface area contributed by atoms with E-state index in [-0.39, 0.29) is 28.6 Å². The van der Waals surface area contributed by atoms with Crippen LogP contribution in [0.3, 0.4) is 0 Å². The molecule has 1 aliphatic carbocycles. The molecule has 2 fully saturated rings. The molecule has 190 valence electrons. The molecule has 0 spiro atoms. The number of halogens is 1. The molecule has 3 heterocycles. The van der Waals surface area contributed by atoms with Gasteiger partial charge in [-0.25, -0.2) is 4.98 Å². The number of hydrogen-bond donors (Lipinski definition) is 5. The summed E-state index contributed by atoms with van der Waals surface area (Å²) >= 11 is 6.26. The van der Waals surface area contributed by atoms with E-state index in [0.29, 0.717) is 17.0 Å². The molecule has 5 N–H and O–H groups in total. The molecule has 0 amide bonds.